The second kappa shape index (κ2) is 13.4. The van der Waals surface area contributed by atoms with E-state index < -0.39 is 0 Å². The molecule has 0 saturated heterocycles. The number of hydrogen-bond donors (Lipinski definition) is 0. The van der Waals surface area contributed by atoms with Gasteiger partial charge in [-0.3, -0.25) is 0 Å². The van der Waals surface area contributed by atoms with E-state index in [0.29, 0.717) is 0 Å². The summed E-state index contributed by atoms with van der Waals surface area (Å²) in [6.45, 7) is 6.03. The van der Waals surface area contributed by atoms with Crippen molar-refractivity contribution >= 4 is 0 Å². The van der Waals surface area contributed by atoms with E-state index in [2.05, 4.69) is 19.0 Å². The van der Waals surface area contributed by atoms with Gasteiger partial charge >= 0.3 is 0 Å². The third kappa shape index (κ3) is 13.4. The molecule has 0 aromatic carbocycles. The first-order valence-corrected chi connectivity index (χ1v) is 6.37. The second-order valence-corrected chi connectivity index (χ2v) is 3.84. The Labute approximate surface area is 95.6 Å². The molecule has 0 N–H and O–H groups in total. The first-order chi connectivity index (χ1) is 7.41. The highest BCUT2D eigenvalue weighted by molar-refractivity contribution is 4.91. The molecule has 0 spiro atoms. The Hall–Kier alpha value is -0.640. The highest BCUT2D eigenvalue weighted by atomic mass is 16.5. The molecule has 87 valence electrons. The fourth-order valence-electron chi connectivity index (χ4n) is 1.39. The molecule has 0 saturated carbocycles. The Morgan fingerprint density at radius 3 is 2.27 bits per heavy atom. The predicted molar refractivity (Wildman–Crippen MR) is 66.1 cm³/mol. The van der Waals surface area contributed by atoms with Gasteiger partial charge in [-0.2, -0.15) is 0 Å². The molecule has 0 aliphatic heterocycles. The molecule has 1 radical (unpaired) electrons. The Balaban J connectivity index is 2.99. The van der Waals surface area contributed by atoms with Gasteiger partial charge in [0.1, 0.15) is 12.7 Å². The van der Waals surface area contributed by atoms with Crippen LogP contribution in [0.15, 0.2) is 0 Å². The second-order valence-electron chi connectivity index (χ2n) is 3.84. The molecular weight excluding hydrogens is 184 g/mol. The number of rotatable bonds is 9. The lowest BCUT2D eigenvalue weighted by molar-refractivity contribution is 0.356. The molecule has 0 bridgehead atoms. The Bertz CT molecular complexity index is 164. The lowest BCUT2D eigenvalue weighted by atomic mass is 10.1. The Morgan fingerprint density at radius 1 is 0.933 bits per heavy atom. The van der Waals surface area contributed by atoms with E-state index >= 15 is 0 Å². The van der Waals surface area contributed by atoms with Crippen molar-refractivity contribution in [1.82, 2.24) is 0 Å². The molecule has 0 aliphatic carbocycles. The summed E-state index contributed by atoms with van der Waals surface area (Å²) in [6, 6.07) is 0. The molecule has 0 rings (SSSR count). The minimum atomic E-state index is 0.923. The van der Waals surface area contributed by atoms with Crippen molar-refractivity contribution in [3.63, 3.8) is 0 Å². The van der Waals surface area contributed by atoms with E-state index in [9.17, 15) is 0 Å². The number of ether oxygens (including phenoxy) is 1. The average molecular weight is 209 g/mol. The van der Waals surface area contributed by atoms with E-state index in [0.717, 1.165) is 12.8 Å². The van der Waals surface area contributed by atoms with Crippen molar-refractivity contribution in [2.45, 2.75) is 71.6 Å². The number of hydrogen-bond acceptors (Lipinski definition) is 1. The van der Waals surface area contributed by atoms with Crippen molar-refractivity contribution in [2.75, 3.05) is 0 Å². The zero-order valence-corrected chi connectivity index (χ0v) is 10.3. The highest BCUT2D eigenvalue weighted by Gasteiger charge is 1.89. The van der Waals surface area contributed by atoms with Gasteiger partial charge in [-0.05, 0) is 12.8 Å². The molecule has 0 atom stereocenters. The van der Waals surface area contributed by atoms with Crippen LogP contribution in [-0.4, -0.2) is 0 Å². The van der Waals surface area contributed by atoms with Crippen molar-refractivity contribution in [2.24, 2.45) is 0 Å². The first kappa shape index (κ1) is 14.4. The van der Waals surface area contributed by atoms with Gasteiger partial charge in [-0.1, -0.05) is 58.3 Å². The number of unbranched alkanes of at least 4 members (excludes halogenated alkanes) is 7. The lowest BCUT2D eigenvalue weighted by Gasteiger charge is -1.97. The van der Waals surface area contributed by atoms with Gasteiger partial charge in [0.15, 0.2) is 0 Å². The summed E-state index contributed by atoms with van der Waals surface area (Å²) in [5, 5.41) is 0. The van der Waals surface area contributed by atoms with Crippen LogP contribution in [0.2, 0.25) is 0 Å². The van der Waals surface area contributed by atoms with Crippen LogP contribution in [0.3, 0.4) is 0 Å². The van der Waals surface area contributed by atoms with E-state index in [1.54, 1.807) is 6.61 Å². The standard InChI is InChI=1S/C14H25O/c1-3-5-6-7-8-9-10-11-12-14-15-13-4-2/h13H,3-11H2,1-2H3. The Kier molecular flexibility index (Phi) is 12.8. The monoisotopic (exact) mass is 209 g/mol. The summed E-state index contributed by atoms with van der Waals surface area (Å²) in [4.78, 5) is 0. The SMILES string of the molecule is CC[CH]OC#CCCCCCCCCC. The van der Waals surface area contributed by atoms with E-state index in [1.165, 1.54) is 44.9 Å². The largest absolute Gasteiger partial charge is 0.439 e. The summed E-state index contributed by atoms with van der Waals surface area (Å²) in [6.07, 6.45) is 14.0. The molecule has 0 aromatic heterocycles. The fourth-order valence-corrected chi connectivity index (χ4v) is 1.39. The fraction of sp³-hybridized carbons (Fsp3) is 0.786. The lowest BCUT2D eigenvalue weighted by Crippen LogP contribution is -1.79. The maximum Gasteiger partial charge on any atom is 0.148 e. The Morgan fingerprint density at radius 2 is 1.60 bits per heavy atom. The van der Waals surface area contributed by atoms with Crippen LogP contribution in [0.5, 0.6) is 0 Å². The normalized spacial score (nSPS) is 9.47. The first-order valence-electron chi connectivity index (χ1n) is 6.37. The van der Waals surface area contributed by atoms with Crippen LogP contribution in [-0.2, 0) is 4.74 Å². The van der Waals surface area contributed by atoms with Gasteiger partial charge in [0, 0.05) is 6.42 Å². The average Bonchev–Trinajstić information content (AvgIpc) is 2.26. The minimum Gasteiger partial charge on any atom is -0.439 e. The van der Waals surface area contributed by atoms with Gasteiger partial charge in [0.25, 0.3) is 0 Å². The van der Waals surface area contributed by atoms with Gasteiger partial charge in [0.2, 0.25) is 0 Å². The van der Waals surface area contributed by atoms with Crippen molar-refractivity contribution in [1.29, 1.82) is 0 Å². The van der Waals surface area contributed by atoms with Crippen LogP contribution >= 0.6 is 0 Å². The van der Waals surface area contributed by atoms with Gasteiger partial charge < -0.3 is 4.74 Å². The molecule has 1 heteroatoms. The van der Waals surface area contributed by atoms with Crippen LogP contribution < -0.4 is 0 Å². The van der Waals surface area contributed by atoms with Crippen molar-refractivity contribution < 1.29 is 4.74 Å². The topological polar surface area (TPSA) is 9.23 Å². The molecule has 1 nitrogen and oxygen atoms in total. The quantitative estimate of drug-likeness (QED) is 0.396. The maximum absolute atomic E-state index is 4.96. The molecule has 0 unspecified atom stereocenters. The molecule has 0 amide bonds. The third-order valence-electron chi connectivity index (χ3n) is 2.29. The van der Waals surface area contributed by atoms with Crippen LogP contribution in [0, 0.1) is 18.6 Å². The van der Waals surface area contributed by atoms with E-state index in [1.807, 2.05) is 6.92 Å². The minimum absolute atomic E-state index is 0.923. The molecule has 15 heavy (non-hydrogen) atoms. The van der Waals surface area contributed by atoms with Crippen molar-refractivity contribution in [3.8, 4) is 12.0 Å². The van der Waals surface area contributed by atoms with E-state index in [4.69, 9.17) is 4.74 Å². The zero-order chi connectivity index (χ0) is 11.2. The summed E-state index contributed by atoms with van der Waals surface area (Å²) in [5.74, 6) is 3.02. The van der Waals surface area contributed by atoms with Crippen molar-refractivity contribution in [3.05, 3.63) is 6.61 Å². The maximum atomic E-state index is 4.96. The molecule has 0 aliphatic rings. The summed E-state index contributed by atoms with van der Waals surface area (Å²) in [5.41, 5.74) is 0. The smallest absolute Gasteiger partial charge is 0.148 e. The molecule has 0 aromatic rings. The van der Waals surface area contributed by atoms with Crippen LogP contribution in [0.1, 0.15) is 71.6 Å². The zero-order valence-electron chi connectivity index (χ0n) is 10.3. The van der Waals surface area contributed by atoms with Crippen LogP contribution in [0.25, 0.3) is 0 Å². The molecule has 0 fully saturated rings. The highest BCUT2D eigenvalue weighted by Crippen LogP contribution is 2.07. The van der Waals surface area contributed by atoms with Gasteiger partial charge in [-0.25, -0.2) is 0 Å². The summed E-state index contributed by atoms with van der Waals surface area (Å²) < 4.78 is 4.96. The summed E-state index contributed by atoms with van der Waals surface area (Å²) in [7, 11) is 0. The van der Waals surface area contributed by atoms with Crippen LogP contribution in [0.4, 0.5) is 0 Å². The van der Waals surface area contributed by atoms with Gasteiger partial charge in [-0.15, -0.1) is 0 Å². The summed E-state index contributed by atoms with van der Waals surface area (Å²) >= 11 is 0. The third-order valence-corrected chi connectivity index (χ3v) is 2.29. The molecule has 0 heterocycles. The van der Waals surface area contributed by atoms with Gasteiger partial charge in [0.05, 0.1) is 0 Å². The molecular formula is C14H25O. The van der Waals surface area contributed by atoms with E-state index in [-0.39, 0.29) is 0 Å². The predicted octanol–water partition coefficient (Wildman–Crippen LogP) is 4.68.